The number of benzene rings is 2. The molecule has 0 spiro atoms. The van der Waals surface area contributed by atoms with Crippen LogP contribution in [0.3, 0.4) is 0 Å². The highest BCUT2D eigenvalue weighted by atomic mass is 35.5. The van der Waals surface area contributed by atoms with Gasteiger partial charge in [0.1, 0.15) is 0 Å². The zero-order chi connectivity index (χ0) is 21.1. The van der Waals surface area contributed by atoms with E-state index in [2.05, 4.69) is 39.4 Å². The second kappa shape index (κ2) is 8.76. The van der Waals surface area contributed by atoms with Crippen LogP contribution in [0, 0.1) is 13.8 Å². The molecule has 0 aliphatic heterocycles. The predicted molar refractivity (Wildman–Crippen MR) is 121 cm³/mol. The minimum absolute atomic E-state index is 0.0761. The van der Waals surface area contributed by atoms with Gasteiger partial charge in [-0.15, -0.1) is 0 Å². The zero-order valence-corrected chi connectivity index (χ0v) is 18.0. The van der Waals surface area contributed by atoms with Gasteiger partial charge >= 0.3 is 0 Å². The molecule has 0 fully saturated rings. The first-order chi connectivity index (χ1) is 14.5. The van der Waals surface area contributed by atoms with Gasteiger partial charge in [0, 0.05) is 35.5 Å². The van der Waals surface area contributed by atoms with E-state index >= 15 is 0 Å². The molecule has 2 aromatic carbocycles. The molecule has 0 aliphatic rings. The van der Waals surface area contributed by atoms with Crippen LogP contribution in [0.1, 0.15) is 33.7 Å². The van der Waals surface area contributed by atoms with Gasteiger partial charge in [0.2, 0.25) is 0 Å². The van der Waals surface area contributed by atoms with Gasteiger partial charge in [0.15, 0.2) is 0 Å². The van der Waals surface area contributed by atoms with Crippen molar-refractivity contribution in [2.75, 3.05) is 6.54 Å². The van der Waals surface area contributed by atoms with Crippen LogP contribution in [0.2, 0.25) is 5.02 Å². The van der Waals surface area contributed by atoms with E-state index in [0.717, 1.165) is 29.9 Å². The van der Waals surface area contributed by atoms with Crippen molar-refractivity contribution >= 4 is 28.4 Å². The molecule has 0 bridgehead atoms. The molecule has 0 unspecified atom stereocenters. The normalized spacial score (nSPS) is 11.2. The van der Waals surface area contributed by atoms with Crippen LogP contribution in [-0.2, 0) is 13.1 Å². The lowest BCUT2D eigenvalue weighted by atomic mass is 10.1. The third-order valence-electron chi connectivity index (χ3n) is 5.43. The minimum atomic E-state index is -0.0761. The molecule has 0 radical (unpaired) electrons. The number of para-hydroxylation sites is 1. The number of halogens is 1. The van der Waals surface area contributed by atoms with E-state index in [-0.39, 0.29) is 5.91 Å². The number of aromatic nitrogens is 3. The van der Waals surface area contributed by atoms with Crippen molar-refractivity contribution in [3.8, 4) is 0 Å². The Balaban J connectivity index is 1.37. The maximum atomic E-state index is 12.8. The van der Waals surface area contributed by atoms with Crippen LogP contribution < -0.4 is 5.32 Å². The van der Waals surface area contributed by atoms with Gasteiger partial charge in [-0.1, -0.05) is 48.0 Å². The molecule has 2 aromatic heterocycles. The summed E-state index contributed by atoms with van der Waals surface area (Å²) >= 11 is 6.28. The first-order valence-electron chi connectivity index (χ1n) is 10.1. The SMILES string of the molecule is Cc1nn(Cc2ccccc2Cl)c(C)c1C(=O)NCCCn1ccc2ccccc21. The minimum Gasteiger partial charge on any atom is -0.352 e. The van der Waals surface area contributed by atoms with Crippen molar-refractivity contribution in [2.24, 2.45) is 0 Å². The Bertz CT molecular complexity index is 1190. The van der Waals surface area contributed by atoms with Crippen molar-refractivity contribution in [3.63, 3.8) is 0 Å². The molecule has 4 rings (SSSR count). The lowest BCUT2D eigenvalue weighted by Gasteiger charge is -2.09. The number of amides is 1. The molecule has 5 nitrogen and oxygen atoms in total. The fourth-order valence-electron chi connectivity index (χ4n) is 3.84. The Kier molecular flexibility index (Phi) is 5.91. The molecule has 6 heteroatoms. The number of nitrogens with zero attached hydrogens (tertiary/aromatic N) is 3. The molecule has 0 aliphatic carbocycles. The number of aryl methyl sites for hydroxylation is 2. The number of carbonyl (C=O) groups excluding carboxylic acids is 1. The predicted octanol–water partition coefficient (Wildman–Crippen LogP) is 4.98. The summed E-state index contributed by atoms with van der Waals surface area (Å²) in [5.74, 6) is -0.0761. The molecule has 2 heterocycles. The third-order valence-corrected chi connectivity index (χ3v) is 5.80. The summed E-state index contributed by atoms with van der Waals surface area (Å²) in [4.78, 5) is 12.8. The van der Waals surface area contributed by atoms with E-state index in [4.69, 9.17) is 11.6 Å². The van der Waals surface area contributed by atoms with E-state index in [1.54, 1.807) is 0 Å². The van der Waals surface area contributed by atoms with E-state index < -0.39 is 0 Å². The first kappa shape index (κ1) is 20.2. The molecule has 1 N–H and O–H groups in total. The smallest absolute Gasteiger partial charge is 0.255 e. The molecule has 1 amide bonds. The maximum Gasteiger partial charge on any atom is 0.255 e. The Labute approximate surface area is 181 Å². The van der Waals surface area contributed by atoms with E-state index in [9.17, 15) is 4.79 Å². The second-order valence-electron chi connectivity index (χ2n) is 7.47. The summed E-state index contributed by atoms with van der Waals surface area (Å²) in [6.45, 7) is 5.81. The molecular formula is C24H25ClN4O. The molecule has 4 aromatic rings. The van der Waals surface area contributed by atoms with E-state index in [1.807, 2.05) is 54.9 Å². The number of nitrogens with one attached hydrogen (secondary N) is 1. The maximum absolute atomic E-state index is 12.8. The van der Waals surface area contributed by atoms with Crippen LogP contribution in [0.25, 0.3) is 10.9 Å². The molecular weight excluding hydrogens is 396 g/mol. The van der Waals surface area contributed by atoms with Crippen molar-refractivity contribution in [3.05, 3.63) is 88.3 Å². The van der Waals surface area contributed by atoms with Gasteiger partial charge in [-0.2, -0.15) is 5.10 Å². The summed E-state index contributed by atoms with van der Waals surface area (Å²) in [7, 11) is 0. The number of hydrogen-bond acceptors (Lipinski definition) is 2. The average molecular weight is 421 g/mol. The van der Waals surface area contributed by atoms with Gasteiger partial charge in [-0.05, 0) is 49.4 Å². The van der Waals surface area contributed by atoms with Gasteiger partial charge in [-0.25, -0.2) is 0 Å². The highest BCUT2D eigenvalue weighted by Gasteiger charge is 2.18. The largest absolute Gasteiger partial charge is 0.352 e. The third kappa shape index (κ3) is 4.12. The summed E-state index contributed by atoms with van der Waals surface area (Å²) in [5, 5.41) is 9.55. The Morgan fingerprint density at radius 3 is 2.67 bits per heavy atom. The van der Waals surface area contributed by atoms with Crippen LogP contribution in [0.5, 0.6) is 0 Å². The van der Waals surface area contributed by atoms with Crippen LogP contribution >= 0.6 is 11.6 Å². The summed E-state index contributed by atoms with van der Waals surface area (Å²) < 4.78 is 4.07. The van der Waals surface area contributed by atoms with E-state index in [0.29, 0.717) is 23.7 Å². The Hall–Kier alpha value is -3.05. The van der Waals surface area contributed by atoms with Crippen molar-refractivity contribution in [1.82, 2.24) is 19.7 Å². The highest BCUT2D eigenvalue weighted by molar-refractivity contribution is 6.31. The Morgan fingerprint density at radius 1 is 1.07 bits per heavy atom. The van der Waals surface area contributed by atoms with Crippen LogP contribution in [0.15, 0.2) is 60.8 Å². The topological polar surface area (TPSA) is 51.9 Å². The first-order valence-corrected chi connectivity index (χ1v) is 10.5. The monoisotopic (exact) mass is 420 g/mol. The zero-order valence-electron chi connectivity index (χ0n) is 17.2. The van der Waals surface area contributed by atoms with Gasteiger partial charge in [0.05, 0.1) is 17.8 Å². The van der Waals surface area contributed by atoms with Gasteiger partial charge in [-0.3, -0.25) is 9.48 Å². The fraction of sp³-hybridized carbons (Fsp3) is 0.250. The van der Waals surface area contributed by atoms with Crippen LogP contribution in [0.4, 0.5) is 0 Å². The lowest BCUT2D eigenvalue weighted by molar-refractivity contribution is 0.0951. The Morgan fingerprint density at radius 2 is 1.83 bits per heavy atom. The fourth-order valence-corrected chi connectivity index (χ4v) is 4.04. The van der Waals surface area contributed by atoms with Crippen molar-refractivity contribution in [1.29, 1.82) is 0 Å². The van der Waals surface area contributed by atoms with Crippen LogP contribution in [-0.4, -0.2) is 26.8 Å². The van der Waals surface area contributed by atoms with E-state index in [1.165, 1.54) is 10.9 Å². The quantitative estimate of drug-likeness (QED) is 0.429. The molecule has 30 heavy (non-hydrogen) atoms. The van der Waals surface area contributed by atoms with Gasteiger partial charge < -0.3 is 9.88 Å². The number of hydrogen-bond donors (Lipinski definition) is 1. The summed E-state index contributed by atoms with van der Waals surface area (Å²) in [6, 6.07) is 18.1. The number of fused-ring (bicyclic) bond motifs is 1. The molecule has 0 saturated heterocycles. The average Bonchev–Trinajstić information content (AvgIpc) is 3.27. The number of carbonyl (C=O) groups is 1. The summed E-state index contributed by atoms with van der Waals surface area (Å²) in [6.07, 6.45) is 2.95. The number of rotatable bonds is 7. The molecule has 0 atom stereocenters. The standard InChI is InChI=1S/C24H25ClN4O/c1-17-23(18(2)29(27-17)16-20-9-3-5-10-21(20)25)24(30)26-13-7-14-28-15-12-19-8-4-6-11-22(19)28/h3-6,8-12,15H,7,13-14,16H2,1-2H3,(H,26,30). The highest BCUT2D eigenvalue weighted by Crippen LogP contribution is 2.20. The molecule has 0 saturated carbocycles. The molecule has 154 valence electrons. The summed E-state index contributed by atoms with van der Waals surface area (Å²) in [5.41, 5.74) is 4.43. The lowest BCUT2D eigenvalue weighted by Crippen LogP contribution is -2.26. The second-order valence-corrected chi connectivity index (χ2v) is 7.88. The van der Waals surface area contributed by atoms with Gasteiger partial charge in [0.25, 0.3) is 5.91 Å². The van der Waals surface area contributed by atoms with Crippen molar-refractivity contribution < 1.29 is 4.79 Å². The van der Waals surface area contributed by atoms with Crippen molar-refractivity contribution in [2.45, 2.75) is 33.4 Å².